The van der Waals surface area contributed by atoms with Crippen LogP contribution in [-0.4, -0.2) is 27.2 Å². The minimum absolute atomic E-state index is 0.132. The van der Waals surface area contributed by atoms with Gasteiger partial charge in [-0.15, -0.1) is 0 Å². The van der Waals surface area contributed by atoms with Crippen molar-refractivity contribution >= 4 is 23.2 Å². The molecule has 0 spiro atoms. The molecular weight excluding hydrogens is 398 g/mol. The van der Waals surface area contributed by atoms with Crippen molar-refractivity contribution in [1.82, 2.24) is 0 Å². The number of hydrogen-bond acceptors (Lipinski definition) is 6. The average molecular weight is 418 g/mol. The van der Waals surface area contributed by atoms with Crippen LogP contribution in [0.15, 0.2) is 52.9 Å². The molecule has 152 valence electrons. The zero-order valence-corrected chi connectivity index (χ0v) is 16.9. The van der Waals surface area contributed by atoms with E-state index in [-0.39, 0.29) is 12.4 Å². The fraction of sp³-hybridized carbons (Fsp3) is 0.190. The topological polar surface area (TPSA) is 79.2 Å². The van der Waals surface area contributed by atoms with Gasteiger partial charge in [0.05, 0.1) is 32.0 Å². The third-order valence-corrected chi connectivity index (χ3v) is 4.34. The Morgan fingerprint density at radius 2 is 1.62 bits per heavy atom. The van der Waals surface area contributed by atoms with Crippen molar-refractivity contribution in [3.05, 3.63) is 65.1 Å². The summed E-state index contributed by atoms with van der Waals surface area (Å²) < 4.78 is 26.7. The van der Waals surface area contributed by atoms with Crippen LogP contribution in [0.25, 0.3) is 0 Å². The van der Waals surface area contributed by atoms with Crippen molar-refractivity contribution in [3.63, 3.8) is 0 Å². The van der Waals surface area contributed by atoms with E-state index in [1.54, 1.807) is 55.6 Å². The van der Waals surface area contributed by atoms with Crippen LogP contribution in [0.2, 0.25) is 5.02 Å². The number of ether oxygens (including phenoxy) is 4. The molecule has 2 aromatic carbocycles. The molecule has 0 radical (unpaired) electrons. The summed E-state index contributed by atoms with van der Waals surface area (Å²) in [7, 11) is 4.58. The van der Waals surface area contributed by atoms with Crippen LogP contribution < -0.4 is 24.3 Å². The van der Waals surface area contributed by atoms with Gasteiger partial charge >= 0.3 is 0 Å². The third kappa shape index (κ3) is 4.94. The maximum absolute atomic E-state index is 12.5. The minimum atomic E-state index is -0.444. The summed E-state index contributed by atoms with van der Waals surface area (Å²) in [4.78, 5) is 12.5. The minimum Gasteiger partial charge on any atom is -0.497 e. The molecule has 29 heavy (non-hydrogen) atoms. The zero-order chi connectivity index (χ0) is 20.8. The number of carbonyl (C=O) groups excluding carboxylic acids is 1. The zero-order valence-electron chi connectivity index (χ0n) is 16.2. The van der Waals surface area contributed by atoms with Crippen LogP contribution in [0, 0.1) is 0 Å². The molecule has 0 atom stereocenters. The van der Waals surface area contributed by atoms with Crippen molar-refractivity contribution in [2.24, 2.45) is 0 Å². The highest BCUT2D eigenvalue weighted by molar-refractivity contribution is 6.32. The average Bonchev–Trinajstić information content (AvgIpc) is 3.22. The number of methoxy groups -OCH3 is 3. The highest BCUT2D eigenvalue weighted by Gasteiger charge is 2.16. The molecule has 0 unspecified atom stereocenters. The van der Waals surface area contributed by atoms with Crippen LogP contribution in [-0.2, 0) is 6.61 Å². The number of nitrogens with one attached hydrogen (secondary N) is 1. The van der Waals surface area contributed by atoms with E-state index >= 15 is 0 Å². The quantitative estimate of drug-likeness (QED) is 0.567. The molecule has 0 saturated carbocycles. The second-order valence-corrected chi connectivity index (χ2v) is 6.28. The lowest BCUT2D eigenvalue weighted by Crippen LogP contribution is -2.12. The summed E-state index contributed by atoms with van der Waals surface area (Å²) in [6, 6.07) is 13.6. The molecule has 1 N–H and O–H groups in total. The Morgan fingerprint density at radius 3 is 2.28 bits per heavy atom. The molecule has 3 rings (SSSR count). The largest absolute Gasteiger partial charge is 0.497 e. The van der Waals surface area contributed by atoms with Crippen LogP contribution in [0.5, 0.6) is 23.0 Å². The summed E-state index contributed by atoms with van der Waals surface area (Å²) in [6.07, 6.45) is 0. The Hall–Kier alpha value is -3.32. The lowest BCUT2D eigenvalue weighted by molar-refractivity contribution is 0.0992. The van der Waals surface area contributed by atoms with E-state index in [1.165, 1.54) is 14.2 Å². The maximum atomic E-state index is 12.5. The standard InChI is InChI=1S/C21H20ClNO6/c1-25-13-4-6-14(7-5-13)28-12-15-8-9-18(29-15)21(24)23-17-10-16(22)19(26-2)11-20(17)27-3/h4-11H,12H2,1-3H3,(H,23,24). The summed E-state index contributed by atoms with van der Waals surface area (Å²) in [6.45, 7) is 0.178. The Labute approximate surface area is 173 Å². The summed E-state index contributed by atoms with van der Waals surface area (Å²) >= 11 is 6.13. The highest BCUT2D eigenvalue weighted by atomic mass is 35.5. The second kappa shape index (κ2) is 9.25. The normalized spacial score (nSPS) is 10.3. The number of carbonyl (C=O) groups is 1. The molecule has 1 aromatic heterocycles. The Kier molecular flexibility index (Phi) is 6.51. The molecule has 0 aliphatic carbocycles. The Bertz CT molecular complexity index is 983. The van der Waals surface area contributed by atoms with Gasteiger partial charge in [0.25, 0.3) is 5.91 Å². The fourth-order valence-corrected chi connectivity index (χ4v) is 2.79. The lowest BCUT2D eigenvalue weighted by Gasteiger charge is -2.12. The van der Waals surface area contributed by atoms with Crippen molar-refractivity contribution in [1.29, 1.82) is 0 Å². The fourth-order valence-electron chi connectivity index (χ4n) is 2.55. The first-order valence-electron chi connectivity index (χ1n) is 8.62. The van der Waals surface area contributed by atoms with E-state index in [0.717, 1.165) is 5.75 Å². The van der Waals surface area contributed by atoms with Gasteiger partial charge in [0.1, 0.15) is 35.4 Å². The summed E-state index contributed by atoms with van der Waals surface area (Å²) in [5.74, 6) is 2.44. The SMILES string of the molecule is COc1ccc(OCc2ccc(C(=O)Nc3cc(Cl)c(OC)cc3OC)o2)cc1. The molecule has 8 heteroatoms. The van der Waals surface area contributed by atoms with Gasteiger partial charge in [0.15, 0.2) is 5.76 Å². The first kappa shape index (κ1) is 20.4. The Morgan fingerprint density at radius 1 is 0.931 bits per heavy atom. The number of amides is 1. The molecule has 0 saturated heterocycles. The Balaban J connectivity index is 1.65. The van der Waals surface area contributed by atoms with Crippen LogP contribution >= 0.6 is 11.6 Å². The van der Waals surface area contributed by atoms with Crippen molar-refractivity contribution in [2.45, 2.75) is 6.61 Å². The first-order valence-corrected chi connectivity index (χ1v) is 9.00. The van der Waals surface area contributed by atoms with E-state index in [0.29, 0.717) is 33.7 Å². The van der Waals surface area contributed by atoms with Gasteiger partial charge in [0.2, 0.25) is 0 Å². The monoisotopic (exact) mass is 417 g/mol. The molecule has 1 heterocycles. The second-order valence-electron chi connectivity index (χ2n) is 5.87. The number of benzene rings is 2. The molecule has 0 bridgehead atoms. The van der Waals surface area contributed by atoms with E-state index in [9.17, 15) is 4.79 Å². The first-order chi connectivity index (χ1) is 14.0. The van der Waals surface area contributed by atoms with Gasteiger partial charge in [-0.2, -0.15) is 0 Å². The molecule has 3 aromatic rings. The van der Waals surface area contributed by atoms with Crippen molar-refractivity contribution in [2.75, 3.05) is 26.6 Å². The number of halogens is 1. The van der Waals surface area contributed by atoms with Gasteiger partial charge in [-0.05, 0) is 42.5 Å². The lowest BCUT2D eigenvalue weighted by atomic mass is 10.2. The van der Waals surface area contributed by atoms with Crippen molar-refractivity contribution < 1.29 is 28.2 Å². The number of hydrogen-bond donors (Lipinski definition) is 1. The smallest absolute Gasteiger partial charge is 0.291 e. The van der Waals surface area contributed by atoms with Crippen LogP contribution in [0.1, 0.15) is 16.3 Å². The summed E-state index contributed by atoms with van der Waals surface area (Å²) in [5.41, 5.74) is 0.399. The molecular formula is C21H20ClNO6. The van der Waals surface area contributed by atoms with E-state index in [2.05, 4.69) is 5.32 Å². The molecule has 0 aliphatic rings. The highest BCUT2D eigenvalue weighted by Crippen LogP contribution is 2.36. The molecule has 7 nitrogen and oxygen atoms in total. The summed E-state index contributed by atoms with van der Waals surface area (Å²) in [5, 5.41) is 3.06. The molecule has 1 amide bonds. The van der Waals surface area contributed by atoms with Gasteiger partial charge < -0.3 is 28.7 Å². The number of anilines is 1. The van der Waals surface area contributed by atoms with Gasteiger partial charge in [-0.1, -0.05) is 11.6 Å². The van der Waals surface area contributed by atoms with E-state index < -0.39 is 5.91 Å². The number of furan rings is 1. The van der Waals surface area contributed by atoms with E-state index in [4.69, 9.17) is 35.0 Å². The van der Waals surface area contributed by atoms with Gasteiger partial charge in [-0.25, -0.2) is 0 Å². The number of rotatable bonds is 8. The van der Waals surface area contributed by atoms with Crippen molar-refractivity contribution in [3.8, 4) is 23.0 Å². The van der Waals surface area contributed by atoms with Crippen LogP contribution in [0.3, 0.4) is 0 Å². The predicted molar refractivity (Wildman–Crippen MR) is 109 cm³/mol. The molecule has 0 fully saturated rings. The maximum Gasteiger partial charge on any atom is 0.291 e. The third-order valence-electron chi connectivity index (χ3n) is 4.05. The predicted octanol–water partition coefficient (Wildman–Crippen LogP) is 4.79. The van der Waals surface area contributed by atoms with Crippen LogP contribution in [0.4, 0.5) is 5.69 Å². The van der Waals surface area contributed by atoms with Gasteiger partial charge in [-0.3, -0.25) is 4.79 Å². The molecule has 0 aliphatic heterocycles. The van der Waals surface area contributed by atoms with Gasteiger partial charge in [0, 0.05) is 6.07 Å². The van der Waals surface area contributed by atoms with E-state index in [1.807, 2.05) is 0 Å².